The highest BCUT2D eigenvalue weighted by molar-refractivity contribution is 5.75. The summed E-state index contributed by atoms with van der Waals surface area (Å²) in [6, 6.07) is 10.4. The second-order valence-corrected chi connectivity index (χ2v) is 6.55. The van der Waals surface area contributed by atoms with E-state index in [1.807, 2.05) is 0 Å². The predicted octanol–water partition coefficient (Wildman–Crippen LogP) is 4.25. The van der Waals surface area contributed by atoms with Gasteiger partial charge in [0.1, 0.15) is 17.5 Å². The summed E-state index contributed by atoms with van der Waals surface area (Å²) in [7, 11) is 0. The maximum Gasteiger partial charge on any atom is 0.416 e. The largest absolute Gasteiger partial charge is 0.435 e. The smallest absolute Gasteiger partial charge is 0.416 e. The first-order valence-corrected chi connectivity index (χ1v) is 8.87. The number of alkyl halides is 5. The molecule has 6 nitrogen and oxygen atoms in total. The first-order chi connectivity index (χ1) is 14.7. The van der Waals surface area contributed by atoms with Crippen molar-refractivity contribution in [2.75, 3.05) is 0 Å². The van der Waals surface area contributed by atoms with Gasteiger partial charge in [-0.1, -0.05) is 18.2 Å². The van der Waals surface area contributed by atoms with Crippen molar-refractivity contribution in [2.24, 2.45) is 0 Å². The molecule has 4 aromatic rings. The molecule has 0 fully saturated rings. The van der Waals surface area contributed by atoms with Gasteiger partial charge in [-0.05, 0) is 35.9 Å². The lowest BCUT2D eigenvalue weighted by Crippen LogP contribution is -2.21. The van der Waals surface area contributed by atoms with E-state index in [0.29, 0.717) is 5.56 Å². The lowest BCUT2D eigenvalue weighted by molar-refractivity contribution is -0.137. The van der Waals surface area contributed by atoms with Crippen molar-refractivity contribution in [3.05, 3.63) is 82.5 Å². The highest BCUT2D eigenvalue weighted by Crippen LogP contribution is 2.30. The van der Waals surface area contributed by atoms with Crippen LogP contribution in [0.2, 0.25) is 0 Å². The molecule has 0 aliphatic heterocycles. The molecule has 0 amide bonds. The molecule has 0 spiro atoms. The summed E-state index contributed by atoms with van der Waals surface area (Å²) >= 11 is 0. The van der Waals surface area contributed by atoms with Gasteiger partial charge in [0.2, 0.25) is 0 Å². The minimum atomic E-state index is -4.53. The molecule has 0 aliphatic carbocycles. The van der Waals surface area contributed by atoms with E-state index in [2.05, 4.69) is 14.8 Å². The van der Waals surface area contributed by atoms with Crippen LogP contribution >= 0.6 is 0 Å². The van der Waals surface area contributed by atoms with Crippen LogP contribution in [0.15, 0.2) is 65.8 Å². The fourth-order valence-corrected chi connectivity index (χ4v) is 3.08. The number of hydrogen-bond donors (Lipinski definition) is 0. The molecule has 0 unspecified atom stereocenters. The van der Waals surface area contributed by atoms with Crippen molar-refractivity contribution in [3.63, 3.8) is 0 Å². The van der Waals surface area contributed by atoms with Gasteiger partial charge < -0.3 is 4.74 Å². The molecule has 0 saturated carbocycles. The van der Waals surface area contributed by atoms with Gasteiger partial charge >= 0.3 is 12.8 Å². The molecule has 2 aromatic heterocycles. The van der Waals surface area contributed by atoms with Gasteiger partial charge in [-0.15, -0.1) is 0 Å². The average molecular weight is 436 g/mol. The Morgan fingerprint density at radius 3 is 2.58 bits per heavy atom. The highest BCUT2D eigenvalue weighted by atomic mass is 19.4. The monoisotopic (exact) mass is 436 g/mol. The van der Waals surface area contributed by atoms with Crippen LogP contribution < -0.4 is 10.3 Å². The summed E-state index contributed by atoms with van der Waals surface area (Å²) in [5.41, 5.74) is -0.621. The van der Waals surface area contributed by atoms with Gasteiger partial charge in [0.15, 0.2) is 5.65 Å². The molecule has 0 radical (unpaired) electrons. The molecule has 11 heteroatoms. The number of halogens is 5. The molecule has 0 aliphatic rings. The molecule has 0 saturated heterocycles. The van der Waals surface area contributed by atoms with Crippen LogP contribution in [0.3, 0.4) is 0 Å². The maximum atomic E-state index is 13.0. The second kappa shape index (κ2) is 7.82. The maximum absolute atomic E-state index is 13.0. The third kappa shape index (κ3) is 4.25. The zero-order valence-corrected chi connectivity index (χ0v) is 15.6. The van der Waals surface area contributed by atoms with Gasteiger partial charge in [0, 0.05) is 0 Å². The van der Waals surface area contributed by atoms with Gasteiger partial charge in [-0.25, -0.2) is 9.67 Å². The first-order valence-electron chi connectivity index (χ1n) is 8.87. The van der Waals surface area contributed by atoms with Crippen LogP contribution in [-0.2, 0) is 12.7 Å². The summed E-state index contributed by atoms with van der Waals surface area (Å²) < 4.78 is 70.5. The van der Waals surface area contributed by atoms with Crippen molar-refractivity contribution >= 4 is 11.0 Å². The normalized spacial score (nSPS) is 11.9. The van der Waals surface area contributed by atoms with E-state index in [4.69, 9.17) is 0 Å². The molecule has 4 rings (SSSR count). The lowest BCUT2D eigenvalue weighted by atomic mass is 10.2. The van der Waals surface area contributed by atoms with Gasteiger partial charge in [0.05, 0.1) is 24.0 Å². The third-order valence-electron chi connectivity index (χ3n) is 4.45. The number of rotatable bonds is 5. The zero-order valence-electron chi connectivity index (χ0n) is 15.6. The Balaban J connectivity index is 1.69. The summed E-state index contributed by atoms with van der Waals surface area (Å²) in [4.78, 5) is 17.0. The Morgan fingerprint density at radius 2 is 1.84 bits per heavy atom. The molecular weight excluding hydrogens is 423 g/mol. The van der Waals surface area contributed by atoms with Crippen LogP contribution in [0, 0.1) is 0 Å². The summed E-state index contributed by atoms with van der Waals surface area (Å²) in [6.07, 6.45) is -2.09. The Hall–Kier alpha value is -3.76. The van der Waals surface area contributed by atoms with Gasteiger partial charge in [-0.2, -0.15) is 27.1 Å². The van der Waals surface area contributed by atoms with Crippen LogP contribution in [0.25, 0.3) is 16.7 Å². The Kier molecular flexibility index (Phi) is 5.17. The summed E-state index contributed by atoms with van der Waals surface area (Å²) in [6.45, 7) is -2.95. The van der Waals surface area contributed by atoms with Crippen molar-refractivity contribution in [2.45, 2.75) is 19.3 Å². The molecular formula is C20H13F5N4O2. The number of benzene rings is 2. The van der Waals surface area contributed by atoms with Crippen molar-refractivity contribution in [3.8, 4) is 11.4 Å². The highest BCUT2D eigenvalue weighted by Gasteiger charge is 2.30. The molecule has 31 heavy (non-hydrogen) atoms. The van der Waals surface area contributed by atoms with Gasteiger partial charge in [-0.3, -0.25) is 9.36 Å². The van der Waals surface area contributed by atoms with Gasteiger partial charge in [0.25, 0.3) is 5.56 Å². The van der Waals surface area contributed by atoms with E-state index >= 15 is 0 Å². The second-order valence-electron chi connectivity index (χ2n) is 6.55. The van der Waals surface area contributed by atoms with E-state index in [-0.39, 0.29) is 29.0 Å². The topological polar surface area (TPSA) is 61.9 Å². The predicted molar refractivity (Wildman–Crippen MR) is 100 cm³/mol. The summed E-state index contributed by atoms with van der Waals surface area (Å²) in [5, 5.41) is 4.11. The molecule has 0 N–H and O–H groups in total. The molecule has 0 atom stereocenters. The fraction of sp³-hybridized carbons (Fsp3) is 0.150. The number of aromatic nitrogens is 4. The minimum absolute atomic E-state index is 0.0248. The first kappa shape index (κ1) is 20.5. The average Bonchev–Trinajstić information content (AvgIpc) is 3.14. The quantitative estimate of drug-likeness (QED) is 0.439. The number of nitrogens with zero attached hydrogens (tertiary/aromatic N) is 4. The van der Waals surface area contributed by atoms with E-state index in [1.165, 1.54) is 47.4 Å². The lowest BCUT2D eigenvalue weighted by Gasteiger charge is -2.10. The van der Waals surface area contributed by atoms with E-state index in [9.17, 15) is 26.7 Å². The third-order valence-corrected chi connectivity index (χ3v) is 4.45. The van der Waals surface area contributed by atoms with Crippen molar-refractivity contribution < 1.29 is 26.7 Å². The van der Waals surface area contributed by atoms with E-state index < -0.39 is 23.9 Å². The van der Waals surface area contributed by atoms with E-state index in [0.717, 1.165) is 16.8 Å². The standard InChI is InChI=1S/C20H13F5N4O2/c21-19(22)31-15-6-1-3-12(7-15)10-28-11-26-17-16(18(28)30)9-27-29(17)14-5-2-4-13(8-14)20(23,24)25/h1-9,11,19H,10H2. The molecule has 160 valence electrons. The van der Waals surface area contributed by atoms with Crippen molar-refractivity contribution in [1.82, 2.24) is 19.3 Å². The SMILES string of the molecule is O=c1c2cnn(-c3cccc(C(F)(F)F)c3)c2ncn1Cc1cccc(OC(F)F)c1. The summed E-state index contributed by atoms with van der Waals surface area (Å²) in [5.74, 6) is -0.0491. The van der Waals surface area contributed by atoms with Crippen LogP contribution in [0.1, 0.15) is 11.1 Å². The molecule has 2 heterocycles. The zero-order chi connectivity index (χ0) is 22.2. The van der Waals surface area contributed by atoms with Crippen molar-refractivity contribution in [1.29, 1.82) is 0 Å². The van der Waals surface area contributed by atoms with E-state index in [1.54, 1.807) is 6.07 Å². The number of hydrogen-bond acceptors (Lipinski definition) is 4. The number of ether oxygens (including phenoxy) is 1. The fourth-order valence-electron chi connectivity index (χ4n) is 3.08. The van der Waals surface area contributed by atoms with Crippen LogP contribution in [0.4, 0.5) is 22.0 Å². The number of fused-ring (bicyclic) bond motifs is 1. The Morgan fingerprint density at radius 1 is 1.06 bits per heavy atom. The molecule has 0 bridgehead atoms. The van der Waals surface area contributed by atoms with Crippen LogP contribution in [0.5, 0.6) is 5.75 Å². The Labute approximate surface area is 171 Å². The van der Waals surface area contributed by atoms with Crippen LogP contribution in [-0.4, -0.2) is 25.9 Å². The minimum Gasteiger partial charge on any atom is -0.435 e. The molecule has 2 aromatic carbocycles. The Bertz CT molecular complexity index is 1300.